The maximum absolute atomic E-state index is 13.2. The highest BCUT2D eigenvalue weighted by atomic mass is 32.2. The third kappa shape index (κ3) is 5.12. The molecule has 0 saturated heterocycles. The minimum absolute atomic E-state index is 0.0364. The van der Waals surface area contributed by atoms with E-state index in [1.165, 1.54) is 46.6 Å². The van der Waals surface area contributed by atoms with Crippen LogP contribution >= 0.6 is 0 Å². The fourth-order valence-corrected chi connectivity index (χ4v) is 3.73. The van der Waals surface area contributed by atoms with Gasteiger partial charge < -0.3 is 18.7 Å². The van der Waals surface area contributed by atoms with Crippen molar-refractivity contribution in [2.45, 2.75) is 24.8 Å². The molecule has 158 valence electrons. The molecule has 2 rings (SSSR count). The van der Waals surface area contributed by atoms with E-state index >= 15 is 0 Å². The van der Waals surface area contributed by atoms with Crippen molar-refractivity contribution in [2.24, 2.45) is 0 Å². The molecule has 0 aliphatic carbocycles. The highest BCUT2D eigenvalue weighted by molar-refractivity contribution is 7.89. The standard InChI is InChI=1S/C18H23N3O7S/c1-6-15-19-16(28-20-15)11-21(2)29(23,24)14-10-12(7-8-17(22)26-4)9-13(25-3)18(14)27-5/h7-10H,6,11H2,1-5H3/b8-7+. The van der Waals surface area contributed by atoms with Gasteiger partial charge in [0, 0.05) is 19.5 Å². The van der Waals surface area contributed by atoms with Crippen LogP contribution in [0.5, 0.6) is 11.5 Å². The van der Waals surface area contributed by atoms with Gasteiger partial charge in [0.25, 0.3) is 0 Å². The van der Waals surface area contributed by atoms with Gasteiger partial charge in [0.15, 0.2) is 17.3 Å². The number of hydrogen-bond donors (Lipinski definition) is 0. The molecule has 0 unspecified atom stereocenters. The molecule has 1 aromatic carbocycles. The molecule has 1 aromatic heterocycles. The highest BCUT2D eigenvalue weighted by Crippen LogP contribution is 2.37. The van der Waals surface area contributed by atoms with Gasteiger partial charge in [-0.05, 0) is 23.8 Å². The normalized spacial score (nSPS) is 11.8. The van der Waals surface area contributed by atoms with E-state index in [-0.39, 0.29) is 28.8 Å². The number of aryl methyl sites for hydroxylation is 1. The number of aromatic nitrogens is 2. The lowest BCUT2D eigenvalue weighted by Crippen LogP contribution is -2.27. The summed E-state index contributed by atoms with van der Waals surface area (Å²) >= 11 is 0. The smallest absolute Gasteiger partial charge is 0.330 e. The van der Waals surface area contributed by atoms with E-state index < -0.39 is 16.0 Å². The quantitative estimate of drug-likeness (QED) is 0.436. The van der Waals surface area contributed by atoms with E-state index in [4.69, 9.17) is 14.0 Å². The summed E-state index contributed by atoms with van der Waals surface area (Å²) < 4.78 is 47.6. The van der Waals surface area contributed by atoms with Crippen molar-refractivity contribution in [3.8, 4) is 11.5 Å². The van der Waals surface area contributed by atoms with Crippen LogP contribution in [0.4, 0.5) is 0 Å². The molecule has 0 N–H and O–H groups in total. The molecule has 10 nitrogen and oxygen atoms in total. The molecule has 11 heteroatoms. The number of ether oxygens (including phenoxy) is 3. The van der Waals surface area contributed by atoms with Gasteiger partial charge >= 0.3 is 5.97 Å². The van der Waals surface area contributed by atoms with Crippen molar-refractivity contribution in [3.05, 3.63) is 35.5 Å². The number of nitrogens with zero attached hydrogens (tertiary/aromatic N) is 3. The topological polar surface area (TPSA) is 121 Å². The van der Waals surface area contributed by atoms with Gasteiger partial charge in [-0.25, -0.2) is 13.2 Å². The molecule has 0 radical (unpaired) electrons. The first kappa shape index (κ1) is 22.4. The molecular weight excluding hydrogens is 402 g/mol. The molecule has 29 heavy (non-hydrogen) atoms. The second-order valence-corrected chi connectivity index (χ2v) is 7.84. The fourth-order valence-electron chi connectivity index (χ4n) is 2.41. The summed E-state index contributed by atoms with van der Waals surface area (Å²) in [6, 6.07) is 2.92. The number of rotatable bonds is 9. The third-order valence-electron chi connectivity index (χ3n) is 3.95. The Morgan fingerprint density at radius 3 is 2.52 bits per heavy atom. The first-order chi connectivity index (χ1) is 13.8. The fraction of sp³-hybridized carbons (Fsp3) is 0.389. The summed E-state index contributed by atoms with van der Waals surface area (Å²) in [5.74, 6) is 0.303. The highest BCUT2D eigenvalue weighted by Gasteiger charge is 2.29. The van der Waals surface area contributed by atoms with Crippen molar-refractivity contribution < 1.29 is 31.9 Å². The van der Waals surface area contributed by atoms with Crippen LogP contribution < -0.4 is 9.47 Å². The Kier molecular flexibility index (Phi) is 7.35. The van der Waals surface area contributed by atoms with Crippen molar-refractivity contribution in [3.63, 3.8) is 0 Å². The van der Waals surface area contributed by atoms with E-state index in [1.807, 2.05) is 6.92 Å². The molecule has 0 saturated carbocycles. The SMILES string of the molecule is CCc1noc(CN(C)S(=O)(=O)c2cc(/C=C/C(=O)OC)cc(OC)c2OC)n1. The second kappa shape index (κ2) is 9.52. The van der Waals surface area contributed by atoms with Crippen LogP contribution in [0.1, 0.15) is 24.2 Å². The number of benzene rings is 1. The number of hydrogen-bond acceptors (Lipinski definition) is 9. The Bertz CT molecular complexity index is 999. The monoisotopic (exact) mass is 425 g/mol. The van der Waals surface area contributed by atoms with Gasteiger partial charge in [-0.3, -0.25) is 0 Å². The van der Waals surface area contributed by atoms with Gasteiger partial charge in [-0.15, -0.1) is 0 Å². The van der Waals surface area contributed by atoms with Crippen LogP contribution in [0.2, 0.25) is 0 Å². The van der Waals surface area contributed by atoms with Crippen molar-refractivity contribution >= 4 is 22.1 Å². The Morgan fingerprint density at radius 1 is 1.24 bits per heavy atom. The summed E-state index contributed by atoms with van der Waals surface area (Å²) in [7, 11) is 1.33. The number of carbonyl (C=O) groups excluding carboxylic acids is 1. The van der Waals surface area contributed by atoms with Gasteiger partial charge in [-0.1, -0.05) is 12.1 Å². The molecule has 0 spiro atoms. The Labute approximate surface area is 169 Å². The zero-order valence-corrected chi connectivity index (χ0v) is 17.6. The molecule has 0 aliphatic rings. The van der Waals surface area contributed by atoms with Crippen LogP contribution in [0, 0.1) is 0 Å². The summed E-state index contributed by atoms with van der Waals surface area (Å²) in [5, 5.41) is 3.76. The molecule has 0 bridgehead atoms. The minimum Gasteiger partial charge on any atom is -0.493 e. The van der Waals surface area contributed by atoms with Gasteiger partial charge in [0.05, 0.1) is 27.9 Å². The average molecular weight is 425 g/mol. The largest absolute Gasteiger partial charge is 0.493 e. The van der Waals surface area contributed by atoms with Crippen LogP contribution in [-0.2, 0) is 32.5 Å². The van der Waals surface area contributed by atoms with E-state index in [0.29, 0.717) is 17.8 Å². The lowest BCUT2D eigenvalue weighted by Gasteiger charge is -2.19. The average Bonchev–Trinajstić information content (AvgIpc) is 3.18. The van der Waals surface area contributed by atoms with Gasteiger partial charge in [0.1, 0.15) is 4.90 Å². The Balaban J connectivity index is 2.47. The Hall–Kier alpha value is -2.92. The van der Waals surface area contributed by atoms with Crippen LogP contribution in [0.15, 0.2) is 27.6 Å². The first-order valence-corrected chi connectivity index (χ1v) is 10.0. The molecule has 0 aliphatic heterocycles. The zero-order chi connectivity index (χ0) is 21.6. The lowest BCUT2D eigenvalue weighted by atomic mass is 10.2. The lowest BCUT2D eigenvalue weighted by molar-refractivity contribution is -0.134. The number of esters is 1. The van der Waals surface area contributed by atoms with Crippen molar-refractivity contribution in [2.75, 3.05) is 28.4 Å². The maximum atomic E-state index is 13.2. The predicted molar refractivity (Wildman–Crippen MR) is 103 cm³/mol. The van der Waals surface area contributed by atoms with Crippen LogP contribution in [-0.4, -0.2) is 57.2 Å². The summed E-state index contributed by atoms with van der Waals surface area (Å²) in [5.41, 5.74) is 0.408. The van der Waals surface area contributed by atoms with E-state index in [0.717, 1.165) is 4.31 Å². The number of sulfonamides is 1. The maximum Gasteiger partial charge on any atom is 0.330 e. The minimum atomic E-state index is -4.03. The Morgan fingerprint density at radius 2 is 1.97 bits per heavy atom. The summed E-state index contributed by atoms with van der Waals surface area (Å²) in [6.07, 6.45) is 3.16. The van der Waals surface area contributed by atoms with E-state index in [2.05, 4.69) is 14.9 Å². The number of carbonyl (C=O) groups is 1. The van der Waals surface area contributed by atoms with Crippen molar-refractivity contribution in [1.82, 2.24) is 14.4 Å². The zero-order valence-electron chi connectivity index (χ0n) is 16.8. The number of methoxy groups -OCH3 is 3. The van der Waals surface area contributed by atoms with Crippen LogP contribution in [0.3, 0.4) is 0 Å². The summed E-state index contributed by atoms with van der Waals surface area (Å²) in [6.45, 7) is 1.74. The van der Waals surface area contributed by atoms with Gasteiger partial charge in [-0.2, -0.15) is 9.29 Å². The second-order valence-electron chi connectivity index (χ2n) is 5.83. The third-order valence-corrected chi connectivity index (χ3v) is 5.76. The van der Waals surface area contributed by atoms with Gasteiger partial charge in [0.2, 0.25) is 15.9 Å². The molecule has 2 aromatic rings. The van der Waals surface area contributed by atoms with Crippen molar-refractivity contribution in [1.29, 1.82) is 0 Å². The predicted octanol–water partition coefficient (Wildman–Crippen LogP) is 1.66. The molecule has 1 heterocycles. The van der Waals surface area contributed by atoms with E-state index in [1.54, 1.807) is 6.07 Å². The molecule has 0 amide bonds. The molecule has 0 atom stereocenters. The van der Waals surface area contributed by atoms with E-state index in [9.17, 15) is 13.2 Å². The van der Waals surface area contributed by atoms with Crippen LogP contribution in [0.25, 0.3) is 6.08 Å². The molecule has 0 fully saturated rings. The molecular formula is C18H23N3O7S. The first-order valence-electron chi connectivity index (χ1n) is 8.56. The summed E-state index contributed by atoms with van der Waals surface area (Å²) in [4.78, 5) is 15.4.